The third kappa shape index (κ3) is 6.41. The van der Waals surface area contributed by atoms with Crippen molar-refractivity contribution in [3.05, 3.63) is 24.3 Å². The van der Waals surface area contributed by atoms with Gasteiger partial charge in [-0.1, -0.05) is 12.1 Å². The summed E-state index contributed by atoms with van der Waals surface area (Å²) in [7, 11) is 1.94. The van der Waals surface area contributed by atoms with E-state index in [1.54, 1.807) is 11.8 Å². The van der Waals surface area contributed by atoms with Gasteiger partial charge in [-0.2, -0.15) is 0 Å². The van der Waals surface area contributed by atoms with Crippen molar-refractivity contribution < 1.29 is 9.90 Å². The maximum atomic E-state index is 12.0. The largest absolute Gasteiger partial charge is 0.396 e. The Kier molecular flexibility index (Phi) is 8.34. The van der Waals surface area contributed by atoms with E-state index in [1.165, 1.54) is 0 Å². The second-order valence-corrected chi connectivity index (χ2v) is 5.62. The van der Waals surface area contributed by atoms with E-state index in [1.807, 2.05) is 42.5 Å². The van der Waals surface area contributed by atoms with Crippen molar-refractivity contribution in [1.82, 2.24) is 4.90 Å². The van der Waals surface area contributed by atoms with Crippen LogP contribution in [0.3, 0.4) is 0 Å². The van der Waals surface area contributed by atoms with E-state index in [4.69, 9.17) is 5.11 Å². The van der Waals surface area contributed by atoms with Crippen molar-refractivity contribution in [2.24, 2.45) is 0 Å². The number of para-hydroxylation sites is 1. The molecule has 0 aliphatic carbocycles. The van der Waals surface area contributed by atoms with E-state index in [0.29, 0.717) is 6.54 Å². The number of likely N-dealkylation sites (N-methyl/N-ethyl adjacent to an activating group) is 1. The summed E-state index contributed by atoms with van der Waals surface area (Å²) in [4.78, 5) is 15.1. The summed E-state index contributed by atoms with van der Waals surface area (Å²) in [5, 5.41) is 11.7. The van der Waals surface area contributed by atoms with Crippen molar-refractivity contribution in [3.8, 4) is 0 Å². The third-order valence-corrected chi connectivity index (χ3v) is 3.79. The molecule has 0 fully saturated rings. The van der Waals surface area contributed by atoms with Gasteiger partial charge in [-0.25, -0.2) is 0 Å². The first-order valence-electron chi connectivity index (χ1n) is 6.89. The van der Waals surface area contributed by atoms with Crippen LogP contribution in [-0.2, 0) is 4.79 Å². The Bertz CT molecular complexity index is 413. The van der Waals surface area contributed by atoms with Crippen LogP contribution >= 0.6 is 11.8 Å². The molecule has 0 aliphatic heterocycles. The summed E-state index contributed by atoms with van der Waals surface area (Å²) in [5.74, 6) is 0.0103. The van der Waals surface area contributed by atoms with Crippen LogP contribution in [0.5, 0.6) is 0 Å². The van der Waals surface area contributed by atoms with Gasteiger partial charge in [-0.3, -0.25) is 9.69 Å². The minimum absolute atomic E-state index is 0.0103. The van der Waals surface area contributed by atoms with Gasteiger partial charge >= 0.3 is 0 Å². The molecule has 1 rings (SSSR count). The average molecular weight is 296 g/mol. The Labute approximate surface area is 125 Å². The first-order chi connectivity index (χ1) is 9.67. The summed E-state index contributed by atoms with van der Waals surface area (Å²) in [6.07, 6.45) is 4.84. The second-order valence-electron chi connectivity index (χ2n) is 4.77. The van der Waals surface area contributed by atoms with Crippen LogP contribution < -0.4 is 5.32 Å². The summed E-state index contributed by atoms with van der Waals surface area (Å²) >= 11 is 1.62. The number of rotatable bonds is 9. The van der Waals surface area contributed by atoms with E-state index in [2.05, 4.69) is 5.32 Å². The van der Waals surface area contributed by atoms with Gasteiger partial charge in [-0.15, -0.1) is 11.8 Å². The Morgan fingerprint density at radius 1 is 1.30 bits per heavy atom. The molecule has 20 heavy (non-hydrogen) atoms. The number of carbonyl (C=O) groups excluding carboxylic acids is 1. The van der Waals surface area contributed by atoms with Gasteiger partial charge in [0.25, 0.3) is 0 Å². The highest BCUT2D eigenvalue weighted by molar-refractivity contribution is 7.98. The number of amides is 1. The van der Waals surface area contributed by atoms with Crippen molar-refractivity contribution in [3.63, 3.8) is 0 Å². The number of thioether (sulfide) groups is 1. The van der Waals surface area contributed by atoms with E-state index >= 15 is 0 Å². The lowest BCUT2D eigenvalue weighted by Crippen LogP contribution is -2.31. The number of aliphatic hydroxyl groups excluding tert-OH is 1. The summed E-state index contributed by atoms with van der Waals surface area (Å²) in [5.41, 5.74) is 0.874. The highest BCUT2D eigenvalue weighted by Crippen LogP contribution is 2.24. The lowest BCUT2D eigenvalue weighted by atomic mass is 10.2. The standard InChI is InChI=1S/C15H24N2O2S/c1-17(10-6-3-7-11-18)12-15(19)16-13-8-4-5-9-14(13)20-2/h4-5,8-9,18H,3,6-7,10-12H2,1-2H3,(H,16,19). The second kappa shape index (κ2) is 9.80. The van der Waals surface area contributed by atoms with E-state index in [0.717, 1.165) is 36.4 Å². The third-order valence-electron chi connectivity index (χ3n) is 2.99. The van der Waals surface area contributed by atoms with Crippen molar-refractivity contribution in [2.75, 3.05) is 38.3 Å². The summed E-state index contributed by atoms with van der Waals surface area (Å²) < 4.78 is 0. The molecule has 0 radical (unpaired) electrons. The van der Waals surface area contributed by atoms with Crippen LogP contribution in [0.2, 0.25) is 0 Å². The molecule has 0 bridgehead atoms. The fourth-order valence-corrected chi connectivity index (χ4v) is 2.49. The maximum absolute atomic E-state index is 12.0. The van der Waals surface area contributed by atoms with Crippen molar-refractivity contribution in [1.29, 1.82) is 0 Å². The normalized spacial score (nSPS) is 10.8. The smallest absolute Gasteiger partial charge is 0.238 e. The van der Waals surface area contributed by atoms with E-state index in [-0.39, 0.29) is 12.5 Å². The van der Waals surface area contributed by atoms with Gasteiger partial charge in [0.2, 0.25) is 5.91 Å². The number of nitrogens with one attached hydrogen (secondary N) is 1. The number of nitrogens with zero attached hydrogens (tertiary/aromatic N) is 1. The van der Waals surface area contributed by atoms with Gasteiger partial charge in [0, 0.05) is 11.5 Å². The fourth-order valence-electron chi connectivity index (χ4n) is 1.93. The number of anilines is 1. The zero-order valence-electron chi connectivity index (χ0n) is 12.3. The molecule has 0 spiro atoms. The maximum Gasteiger partial charge on any atom is 0.238 e. The predicted octanol–water partition coefficient (Wildman–Crippen LogP) is 2.44. The van der Waals surface area contributed by atoms with Crippen LogP contribution in [0.1, 0.15) is 19.3 Å². The minimum atomic E-state index is 0.0103. The molecule has 0 aliphatic rings. The van der Waals surface area contributed by atoms with Crippen LogP contribution in [0.15, 0.2) is 29.2 Å². The Hall–Kier alpha value is -1.04. The Morgan fingerprint density at radius 2 is 2.05 bits per heavy atom. The molecular weight excluding hydrogens is 272 g/mol. The number of hydrogen-bond acceptors (Lipinski definition) is 4. The molecule has 1 aromatic carbocycles. The van der Waals surface area contributed by atoms with Crippen molar-refractivity contribution >= 4 is 23.4 Å². The van der Waals surface area contributed by atoms with Crippen LogP contribution in [0, 0.1) is 0 Å². The van der Waals surface area contributed by atoms with Gasteiger partial charge < -0.3 is 10.4 Å². The molecule has 0 aromatic heterocycles. The molecule has 1 aromatic rings. The number of aliphatic hydroxyl groups is 1. The molecule has 0 atom stereocenters. The zero-order valence-corrected chi connectivity index (χ0v) is 13.1. The molecule has 1 amide bonds. The van der Waals surface area contributed by atoms with Gasteiger partial charge in [0.15, 0.2) is 0 Å². The van der Waals surface area contributed by atoms with Crippen molar-refractivity contribution in [2.45, 2.75) is 24.2 Å². The Morgan fingerprint density at radius 3 is 2.75 bits per heavy atom. The monoisotopic (exact) mass is 296 g/mol. The van der Waals surface area contributed by atoms with Gasteiger partial charge in [0.1, 0.15) is 0 Å². The first-order valence-corrected chi connectivity index (χ1v) is 8.12. The topological polar surface area (TPSA) is 52.6 Å². The number of hydrogen-bond donors (Lipinski definition) is 2. The quantitative estimate of drug-likeness (QED) is 0.543. The zero-order chi connectivity index (χ0) is 14.8. The summed E-state index contributed by atoms with van der Waals surface area (Å²) in [6, 6.07) is 7.81. The fraction of sp³-hybridized carbons (Fsp3) is 0.533. The number of benzene rings is 1. The molecule has 0 unspecified atom stereocenters. The minimum Gasteiger partial charge on any atom is -0.396 e. The Balaban J connectivity index is 2.35. The molecule has 5 heteroatoms. The number of carbonyl (C=O) groups is 1. The van der Waals surface area contributed by atoms with Crippen LogP contribution in [0.4, 0.5) is 5.69 Å². The predicted molar refractivity (Wildman–Crippen MR) is 85.3 cm³/mol. The molecular formula is C15H24N2O2S. The number of unbranched alkanes of at least 4 members (excludes halogenated alkanes) is 2. The lowest BCUT2D eigenvalue weighted by molar-refractivity contribution is -0.117. The highest BCUT2D eigenvalue weighted by atomic mass is 32.2. The highest BCUT2D eigenvalue weighted by Gasteiger charge is 2.08. The lowest BCUT2D eigenvalue weighted by Gasteiger charge is -2.16. The molecule has 0 saturated carbocycles. The molecule has 112 valence electrons. The van der Waals surface area contributed by atoms with E-state index < -0.39 is 0 Å². The average Bonchev–Trinajstić information content (AvgIpc) is 2.44. The van der Waals surface area contributed by atoms with Gasteiger partial charge in [-0.05, 0) is 51.2 Å². The first kappa shape index (κ1) is 17.0. The summed E-state index contributed by atoms with van der Waals surface area (Å²) in [6.45, 7) is 1.51. The molecule has 4 nitrogen and oxygen atoms in total. The SMILES string of the molecule is CSc1ccccc1NC(=O)CN(C)CCCCCO. The van der Waals surface area contributed by atoms with Crippen LogP contribution in [0.25, 0.3) is 0 Å². The van der Waals surface area contributed by atoms with Gasteiger partial charge in [0.05, 0.1) is 12.2 Å². The van der Waals surface area contributed by atoms with E-state index in [9.17, 15) is 4.79 Å². The molecule has 0 saturated heterocycles. The molecule has 2 N–H and O–H groups in total. The molecule has 0 heterocycles. The van der Waals surface area contributed by atoms with Crippen LogP contribution in [-0.4, -0.2) is 48.9 Å².